The van der Waals surface area contributed by atoms with Crippen LogP contribution in [0.1, 0.15) is 25.8 Å². The first-order valence-electron chi connectivity index (χ1n) is 8.36. The smallest absolute Gasteiger partial charge is 0.320 e. The highest BCUT2D eigenvalue weighted by atomic mass is 79.9. The van der Waals surface area contributed by atoms with Crippen molar-refractivity contribution in [3.05, 3.63) is 47.2 Å². The number of benzene rings is 1. The molecule has 26 heavy (non-hydrogen) atoms. The van der Waals surface area contributed by atoms with E-state index in [-0.39, 0.29) is 11.8 Å². The van der Waals surface area contributed by atoms with Crippen LogP contribution in [0, 0.1) is 0 Å². The van der Waals surface area contributed by atoms with Crippen molar-refractivity contribution in [2.75, 3.05) is 12.3 Å². The molecule has 0 bridgehead atoms. The van der Waals surface area contributed by atoms with Crippen LogP contribution in [-0.2, 0) is 6.54 Å². The zero-order valence-corrected chi connectivity index (χ0v) is 16.5. The highest BCUT2D eigenvalue weighted by Crippen LogP contribution is 2.25. The number of anilines is 1. The highest BCUT2D eigenvalue weighted by molar-refractivity contribution is 9.10. The van der Waals surface area contributed by atoms with Crippen LogP contribution in [0.4, 0.5) is 5.82 Å². The predicted octanol–water partition coefficient (Wildman–Crippen LogP) is 2.99. The summed E-state index contributed by atoms with van der Waals surface area (Å²) in [6.45, 7) is 8.64. The number of fused-ring (bicyclic) bond motifs is 1. The third-order valence-corrected chi connectivity index (χ3v) is 4.00. The Morgan fingerprint density at radius 1 is 1.31 bits per heavy atom. The Morgan fingerprint density at radius 2 is 2.08 bits per heavy atom. The summed E-state index contributed by atoms with van der Waals surface area (Å²) >= 11 is 3.45. The Kier molecular flexibility index (Phi) is 7.21. The fourth-order valence-corrected chi connectivity index (χ4v) is 2.76. The predicted molar refractivity (Wildman–Crippen MR) is 110 cm³/mol. The maximum atomic E-state index is 5.99. The Hall–Kier alpha value is -2.35. The molecule has 2 radical (unpaired) electrons. The monoisotopic (exact) mass is 413 g/mol. The molecule has 0 spiro atoms. The van der Waals surface area contributed by atoms with E-state index in [9.17, 15) is 0 Å². The molecule has 0 atom stereocenters. The van der Waals surface area contributed by atoms with Crippen molar-refractivity contribution in [2.24, 2.45) is 0 Å². The Bertz CT molecular complexity index is 897. The first kappa shape index (κ1) is 20.0. The largest absolute Gasteiger partial charge is 0.463 e. The lowest BCUT2D eigenvalue weighted by Gasteiger charge is -2.08. The second kappa shape index (κ2) is 9.38. The van der Waals surface area contributed by atoms with Crippen molar-refractivity contribution in [1.29, 1.82) is 0 Å². The van der Waals surface area contributed by atoms with Gasteiger partial charge in [0, 0.05) is 0 Å². The number of imidazole rings is 1. The van der Waals surface area contributed by atoms with Gasteiger partial charge in [-0.3, -0.25) is 4.57 Å². The van der Waals surface area contributed by atoms with E-state index in [0.717, 1.165) is 5.56 Å². The Morgan fingerprint density at radius 3 is 2.77 bits per heavy atom. The number of rotatable bonds is 6. The first-order valence-corrected chi connectivity index (χ1v) is 9.15. The van der Waals surface area contributed by atoms with Crippen molar-refractivity contribution in [3.63, 3.8) is 0 Å². The summed E-state index contributed by atoms with van der Waals surface area (Å²) in [5.74, 6) is 0.278. The second-order valence-corrected chi connectivity index (χ2v) is 5.91. The molecule has 0 unspecified atom stereocenters. The van der Waals surface area contributed by atoms with Crippen molar-refractivity contribution in [3.8, 4) is 6.01 Å². The lowest BCUT2D eigenvalue weighted by Crippen LogP contribution is -2.08. The minimum absolute atomic E-state index is 0.225. The molecule has 0 amide bonds. The van der Waals surface area contributed by atoms with Crippen molar-refractivity contribution >= 4 is 46.2 Å². The Balaban J connectivity index is 0.00000117. The summed E-state index contributed by atoms with van der Waals surface area (Å²) in [5.41, 5.74) is 8.86. The number of nitrogens with zero attached hydrogens (tertiary/aromatic N) is 4. The quantitative estimate of drug-likeness (QED) is 0.291. The molecule has 134 valence electrons. The van der Waals surface area contributed by atoms with Crippen LogP contribution >= 0.6 is 15.9 Å². The molecule has 2 aromatic heterocycles. The van der Waals surface area contributed by atoms with Gasteiger partial charge in [0.2, 0.25) is 0 Å². The van der Waals surface area contributed by atoms with Crippen LogP contribution in [0.25, 0.3) is 11.2 Å². The number of ether oxygens (including phenoxy) is 1. The zero-order valence-electron chi connectivity index (χ0n) is 14.9. The third kappa shape index (κ3) is 4.63. The fraction of sp³-hybridized carbons (Fsp3) is 0.278. The molecule has 0 aliphatic rings. The lowest BCUT2D eigenvalue weighted by molar-refractivity contribution is 0.300. The molecule has 3 aromatic rings. The van der Waals surface area contributed by atoms with Gasteiger partial charge in [-0.25, -0.2) is 4.98 Å². The van der Waals surface area contributed by atoms with Gasteiger partial charge < -0.3 is 10.5 Å². The van der Waals surface area contributed by atoms with Gasteiger partial charge in [0.1, 0.15) is 7.85 Å². The number of halogens is 1. The lowest BCUT2D eigenvalue weighted by atomic mass is 9.94. The van der Waals surface area contributed by atoms with Crippen LogP contribution in [0.5, 0.6) is 6.01 Å². The van der Waals surface area contributed by atoms with Gasteiger partial charge in [0.25, 0.3) is 0 Å². The molecule has 0 saturated carbocycles. The average Bonchev–Trinajstić information content (AvgIpc) is 2.94. The summed E-state index contributed by atoms with van der Waals surface area (Å²) in [6, 6.07) is 7.87. The molecular formula is C18H21BBrN5O. The van der Waals surface area contributed by atoms with E-state index in [1.165, 1.54) is 0 Å². The molecule has 1 aromatic carbocycles. The van der Waals surface area contributed by atoms with Gasteiger partial charge in [0.15, 0.2) is 21.7 Å². The van der Waals surface area contributed by atoms with Gasteiger partial charge in [0.05, 0.1) is 13.2 Å². The molecule has 6 nitrogen and oxygen atoms in total. The summed E-state index contributed by atoms with van der Waals surface area (Å²) < 4.78 is 8.03. The molecule has 2 N–H and O–H groups in total. The molecule has 8 heteroatoms. The van der Waals surface area contributed by atoms with Crippen LogP contribution in [0.2, 0.25) is 0 Å². The van der Waals surface area contributed by atoms with Gasteiger partial charge in [-0.2, -0.15) is 9.97 Å². The maximum Gasteiger partial charge on any atom is 0.320 e. The molecule has 0 aliphatic carbocycles. The first-order chi connectivity index (χ1) is 12.6. The SMILES string of the molecule is CC.[B]c1cccc(Cn2c(Br)nc3c(N)nc(OCCC=C)nc32)c1. The van der Waals surface area contributed by atoms with Gasteiger partial charge in [-0.15, -0.1) is 6.58 Å². The summed E-state index contributed by atoms with van der Waals surface area (Å²) in [6.07, 6.45) is 2.47. The van der Waals surface area contributed by atoms with Crippen molar-refractivity contribution < 1.29 is 4.74 Å². The van der Waals surface area contributed by atoms with Gasteiger partial charge >= 0.3 is 6.01 Å². The number of hydrogen-bond acceptors (Lipinski definition) is 5. The van der Waals surface area contributed by atoms with Crippen LogP contribution in [-0.4, -0.2) is 34.0 Å². The molecule has 3 rings (SSSR count). The summed E-state index contributed by atoms with van der Waals surface area (Å²) in [5, 5.41) is 0. The molecule has 0 fully saturated rings. The van der Waals surface area contributed by atoms with Gasteiger partial charge in [-0.05, 0) is 27.9 Å². The highest BCUT2D eigenvalue weighted by Gasteiger charge is 2.16. The normalized spacial score (nSPS) is 10.3. The maximum absolute atomic E-state index is 5.99. The third-order valence-electron chi connectivity index (χ3n) is 3.40. The number of hydrogen-bond donors (Lipinski definition) is 1. The van der Waals surface area contributed by atoms with E-state index < -0.39 is 0 Å². The van der Waals surface area contributed by atoms with Crippen LogP contribution in [0.3, 0.4) is 0 Å². The number of aromatic nitrogens is 4. The molecule has 2 heterocycles. The summed E-state index contributed by atoms with van der Waals surface area (Å²) in [7, 11) is 5.84. The topological polar surface area (TPSA) is 78.9 Å². The summed E-state index contributed by atoms with van der Waals surface area (Å²) in [4.78, 5) is 13.0. The number of nitrogens with two attached hydrogens (primary N) is 1. The molecule has 0 aliphatic heterocycles. The van der Waals surface area contributed by atoms with Crippen LogP contribution < -0.4 is 15.9 Å². The van der Waals surface area contributed by atoms with E-state index in [0.29, 0.717) is 40.9 Å². The second-order valence-electron chi connectivity index (χ2n) is 5.20. The minimum Gasteiger partial charge on any atom is -0.463 e. The average molecular weight is 414 g/mol. The Labute approximate surface area is 163 Å². The van der Waals surface area contributed by atoms with E-state index in [2.05, 4.69) is 37.5 Å². The standard InChI is InChI=1S/C16H15BBrN5O.C2H6/c1-2-3-7-24-16-21-13(19)12-14(22-16)23(15(18)20-12)9-10-5-4-6-11(17)8-10;1-2/h2,4-6,8H,1,3,7,9H2,(H2,19,21,22);1-2H3. The van der Waals surface area contributed by atoms with E-state index >= 15 is 0 Å². The van der Waals surface area contributed by atoms with E-state index in [1.807, 2.05) is 42.7 Å². The van der Waals surface area contributed by atoms with Crippen LogP contribution in [0.15, 0.2) is 41.7 Å². The molecular weight excluding hydrogens is 393 g/mol. The fourth-order valence-electron chi connectivity index (χ4n) is 2.29. The minimum atomic E-state index is 0.225. The van der Waals surface area contributed by atoms with Gasteiger partial charge in [-0.1, -0.05) is 49.7 Å². The van der Waals surface area contributed by atoms with E-state index in [4.69, 9.17) is 18.3 Å². The zero-order chi connectivity index (χ0) is 19.1. The van der Waals surface area contributed by atoms with Crippen molar-refractivity contribution in [2.45, 2.75) is 26.8 Å². The molecule has 0 saturated heterocycles. The van der Waals surface area contributed by atoms with E-state index in [1.54, 1.807) is 6.08 Å². The number of nitrogen functional groups attached to an aromatic ring is 1. The van der Waals surface area contributed by atoms with Crippen molar-refractivity contribution in [1.82, 2.24) is 19.5 Å².